The molecule has 2 N–H and O–H groups in total. The number of carbonyl (C=O) groups is 1. The Morgan fingerprint density at radius 1 is 1.00 bits per heavy atom. The largest absolute Gasteiger partial charge is 0.310 e. The first-order chi connectivity index (χ1) is 16.2. The van der Waals surface area contributed by atoms with Gasteiger partial charge in [0.25, 0.3) is 0 Å². The topological polar surface area (TPSA) is 88.2 Å². The van der Waals surface area contributed by atoms with Crippen LogP contribution in [0.5, 0.6) is 0 Å². The van der Waals surface area contributed by atoms with Crippen molar-refractivity contribution in [2.45, 2.75) is 44.1 Å². The summed E-state index contributed by atoms with van der Waals surface area (Å²) in [5, 5.41) is 3.72. The molecule has 34 heavy (non-hydrogen) atoms. The Bertz CT molecular complexity index is 1260. The lowest BCUT2D eigenvalue weighted by Gasteiger charge is -2.36. The zero-order chi connectivity index (χ0) is 24.2. The number of rotatable bonds is 7. The molecular formula is C26H32ClN3O3S. The molecule has 4 rings (SSSR count). The number of anilines is 1. The molecule has 3 aromatic rings. The molecule has 1 fully saturated rings. The second-order valence-corrected chi connectivity index (χ2v) is 11.1. The van der Waals surface area contributed by atoms with Crippen LogP contribution in [-0.2, 0) is 26.8 Å². The SMILES string of the molecule is CS(=O)(=O)NCc1ccc(-c2cccc(NC(=O)C3(c4ccc(Cl)cc4)CCCCC3)n2)cc1.[HH].[HH]. The number of benzene rings is 2. The summed E-state index contributed by atoms with van der Waals surface area (Å²) in [5.41, 5.74) is 2.85. The normalized spacial score (nSPS) is 15.6. The molecule has 8 heteroatoms. The van der Waals surface area contributed by atoms with E-state index in [1.165, 1.54) is 0 Å². The summed E-state index contributed by atoms with van der Waals surface area (Å²) in [6, 6.07) is 20.6. The quantitative estimate of drug-likeness (QED) is 0.429. The molecule has 0 atom stereocenters. The van der Waals surface area contributed by atoms with Crippen molar-refractivity contribution in [2.75, 3.05) is 11.6 Å². The monoisotopic (exact) mass is 501 g/mol. The number of carbonyl (C=O) groups excluding carboxylic acids is 1. The van der Waals surface area contributed by atoms with Gasteiger partial charge in [-0.3, -0.25) is 4.79 Å². The molecule has 0 saturated heterocycles. The fraction of sp³-hybridized carbons (Fsp3) is 0.308. The number of aromatic nitrogens is 1. The Labute approximate surface area is 208 Å². The highest BCUT2D eigenvalue weighted by atomic mass is 35.5. The van der Waals surface area contributed by atoms with Crippen molar-refractivity contribution >= 4 is 33.3 Å². The molecule has 1 amide bonds. The van der Waals surface area contributed by atoms with Crippen LogP contribution >= 0.6 is 11.6 Å². The highest BCUT2D eigenvalue weighted by Crippen LogP contribution is 2.40. The summed E-state index contributed by atoms with van der Waals surface area (Å²) in [5.74, 6) is 0.464. The van der Waals surface area contributed by atoms with E-state index in [9.17, 15) is 13.2 Å². The number of nitrogens with zero attached hydrogens (tertiary/aromatic N) is 1. The number of hydrogen-bond acceptors (Lipinski definition) is 4. The second-order valence-electron chi connectivity index (χ2n) is 8.80. The minimum atomic E-state index is -3.25. The zero-order valence-electron chi connectivity index (χ0n) is 19.1. The summed E-state index contributed by atoms with van der Waals surface area (Å²) < 4.78 is 25.1. The van der Waals surface area contributed by atoms with Crippen LogP contribution < -0.4 is 10.0 Å². The zero-order valence-corrected chi connectivity index (χ0v) is 20.6. The molecular weight excluding hydrogens is 470 g/mol. The van der Waals surface area contributed by atoms with E-state index >= 15 is 0 Å². The van der Waals surface area contributed by atoms with Gasteiger partial charge in [0.05, 0.1) is 17.4 Å². The van der Waals surface area contributed by atoms with Gasteiger partial charge in [-0.05, 0) is 48.2 Å². The van der Waals surface area contributed by atoms with Gasteiger partial charge in [-0.2, -0.15) is 0 Å². The predicted molar refractivity (Wildman–Crippen MR) is 140 cm³/mol. The Morgan fingerprint density at radius 2 is 1.68 bits per heavy atom. The van der Waals surface area contributed by atoms with Crippen LogP contribution in [0.2, 0.25) is 5.02 Å². The summed E-state index contributed by atoms with van der Waals surface area (Å²) in [4.78, 5) is 18.2. The molecule has 1 heterocycles. The highest BCUT2D eigenvalue weighted by molar-refractivity contribution is 7.88. The third kappa shape index (κ3) is 5.84. The molecule has 1 aromatic heterocycles. The molecule has 1 aliphatic carbocycles. The molecule has 0 aliphatic heterocycles. The van der Waals surface area contributed by atoms with Crippen molar-refractivity contribution in [3.8, 4) is 11.3 Å². The van der Waals surface area contributed by atoms with Crippen molar-refractivity contribution in [3.05, 3.63) is 82.9 Å². The van der Waals surface area contributed by atoms with Crippen molar-refractivity contribution in [2.24, 2.45) is 0 Å². The number of sulfonamides is 1. The molecule has 0 radical (unpaired) electrons. The number of halogens is 1. The van der Waals surface area contributed by atoms with Gasteiger partial charge in [0.15, 0.2) is 0 Å². The van der Waals surface area contributed by atoms with Crippen LogP contribution in [0.4, 0.5) is 5.82 Å². The predicted octanol–water partition coefficient (Wildman–Crippen LogP) is 5.78. The van der Waals surface area contributed by atoms with E-state index in [0.717, 1.165) is 60.7 Å². The fourth-order valence-corrected chi connectivity index (χ4v) is 5.03. The standard InChI is InChI=1S/C26H28ClN3O3S.2H2/c1-34(32,33)28-18-19-8-10-20(11-9-19)23-6-5-7-24(29-23)30-25(31)26(16-3-2-4-17-26)21-12-14-22(27)15-13-21;;/h5-15,28H,2-4,16-18H2,1H3,(H,29,30,31);2*1H. The first kappa shape index (κ1) is 24.4. The van der Waals surface area contributed by atoms with Crippen LogP contribution in [0.25, 0.3) is 11.3 Å². The maximum Gasteiger partial charge on any atom is 0.236 e. The van der Waals surface area contributed by atoms with Crippen LogP contribution in [-0.4, -0.2) is 25.6 Å². The summed E-state index contributed by atoms with van der Waals surface area (Å²) in [6.07, 6.45) is 5.86. The molecule has 2 aromatic carbocycles. The van der Waals surface area contributed by atoms with Gasteiger partial charge in [0.2, 0.25) is 15.9 Å². The third-order valence-corrected chi connectivity index (χ3v) is 7.24. The van der Waals surface area contributed by atoms with Crippen LogP contribution in [0.15, 0.2) is 66.7 Å². The van der Waals surface area contributed by atoms with Gasteiger partial charge in [0.1, 0.15) is 5.82 Å². The fourth-order valence-electron chi connectivity index (χ4n) is 4.48. The Morgan fingerprint density at radius 3 is 2.32 bits per heavy atom. The maximum atomic E-state index is 13.6. The molecule has 1 aliphatic rings. The van der Waals surface area contributed by atoms with Crippen LogP contribution in [0, 0.1) is 0 Å². The molecule has 182 valence electrons. The Hall–Kier alpha value is -2.74. The average molecular weight is 502 g/mol. The summed E-state index contributed by atoms with van der Waals surface area (Å²) in [6.45, 7) is 0.232. The van der Waals surface area contributed by atoms with Crippen molar-refractivity contribution < 1.29 is 16.1 Å². The summed E-state index contributed by atoms with van der Waals surface area (Å²) >= 11 is 6.09. The average Bonchev–Trinajstić information content (AvgIpc) is 2.83. The summed E-state index contributed by atoms with van der Waals surface area (Å²) in [7, 11) is -3.25. The minimum absolute atomic E-state index is 0. The lowest BCUT2D eigenvalue weighted by molar-refractivity contribution is -0.122. The van der Waals surface area contributed by atoms with Gasteiger partial charge < -0.3 is 5.32 Å². The highest BCUT2D eigenvalue weighted by Gasteiger charge is 2.41. The minimum Gasteiger partial charge on any atom is -0.310 e. The van der Waals surface area contributed by atoms with Crippen molar-refractivity contribution in [1.82, 2.24) is 9.71 Å². The van der Waals surface area contributed by atoms with Gasteiger partial charge in [-0.1, -0.05) is 73.3 Å². The molecule has 0 spiro atoms. The van der Waals surface area contributed by atoms with Crippen LogP contribution in [0.1, 0.15) is 46.1 Å². The third-order valence-electron chi connectivity index (χ3n) is 6.32. The van der Waals surface area contributed by atoms with E-state index in [1.54, 1.807) is 6.07 Å². The maximum absolute atomic E-state index is 13.6. The van der Waals surface area contributed by atoms with Crippen molar-refractivity contribution in [1.29, 1.82) is 0 Å². The number of hydrogen-bond donors (Lipinski definition) is 2. The van der Waals surface area contributed by atoms with E-state index in [0.29, 0.717) is 10.8 Å². The van der Waals surface area contributed by atoms with E-state index < -0.39 is 15.4 Å². The number of nitrogens with one attached hydrogen (secondary N) is 2. The van der Waals surface area contributed by atoms with Gasteiger partial charge in [-0.15, -0.1) is 0 Å². The first-order valence-corrected chi connectivity index (χ1v) is 13.6. The van der Waals surface area contributed by atoms with E-state index in [4.69, 9.17) is 11.6 Å². The molecule has 6 nitrogen and oxygen atoms in total. The van der Waals surface area contributed by atoms with E-state index in [1.807, 2.05) is 60.7 Å². The lowest BCUT2D eigenvalue weighted by Crippen LogP contribution is -2.42. The van der Waals surface area contributed by atoms with E-state index in [2.05, 4.69) is 15.0 Å². The van der Waals surface area contributed by atoms with E-state index in [-0.39, 0.29) is 15.3 Å². The smallest absolute Gasteiger partial charge is 0.236 e. The second kappa shape index (κ2) is 10.3. The van der Waals surface area contributed by atoms with Crippen LogP contribution in [0.3, 0.4) is 0 Å². The molecule has 0 unspecified atom stereocenters. The van der Waals surface area contributed by atoms with Gasteiger partial charge >= 0.3 is 0 Å². The number of amides is 1. The first-order valence-electron chi connectivity index (χ1n) is 11.3. The van der Waals surface area contributed by atoms with Gasteiger partial charge in [-0.25, -0.2) is 18.1 Å². The van der Waals surface area contributed by atoms with Gasteiger partial charge in [0, 0.05) is 20.0 Å². The molecule has 0 bridgehead atoms. The van der Waals surface area contributed by atoms with Crippen molar-refractivity contribution in [3.63, 3.8) is 0 Å². The lowest BCUT2D eigenvalue weighted by atomic mass is 9.68. The number of pyridine rings is 1. The Balaban J connectivity index is 0.00000228. The molecule has 1 saturated carbocycles. The Kier molecular flexibility index (Phi) is 7.36.